The normalized spacial score (nSPS) is 13.0. The number of nitrogens with zero attached hydrogens (tertiary/aromatic N) is 1. The summed E-state index contributed by atoms with van der Waals surface area (Å²) in [5.41, 5.74) is 11.8. The minimum Gasteiger partial charge on any atom is -0.496 e. The number of hydrogen-bond donors (Lipinski definition) is 2. The van der Waals surface area contributed by atoms with Crippen molar-refractivity contribution in [2.24, 2.45) is 11.5 Å². The van der Waals surface area contributed by atoms with Crippen molar-refractivity contribution in [3.63, 3.8) is 0 Å². The molecule has 0 aromatic carbocycles. The van der Waals surface area contributed by atoms with Gasteiger partial charge in [-0.25, -0.2) is 0 Å². The number of pyridine rings is 1. The van der Waals surface area contributed by atoms with Gasteiger partial charge in [-0.05, 0) is 30.7 Å². The summed E-state index contributed by atoms with van der Waals surface area (Å²) in [6, 6.07) is 3.95. The van der Waals surface area contributed by atoms with E-state index in [9.17, 15) is 0 Å². The van der Waals surface area contributed by atoms with E-state index in [0.717, 1.165) is 18.6 Å². The molecule has 0 saturated carbocycles. The Kier molecular flexibility index (Phi) is 8.85. The number of ether oxygens (including phenoxy) is 1. The van der Waals surface area contributed by atoms with Gasteiger partial charge in [0.05, 0.1) is 12.4 Å². The van der Waals surface area contributed by atoms with Gasteiger partial charge in [0.25, 0.3) is 0 Å². The molecule has 1 heterocycles. The number of aromatic nitrogens is 1. The van der Waals surface area contributed by atoms with Crippen LogP contribution >= 0.6 is 0 Å². The number of allylic oxidation sites excluding steroid dienone is 5. The maximum Gasteiger partial charge on any atom is 0.0999 e. The fourth-order valence-corrected chi connectivity index (χ4v) is 1.57. The van der Waals surface area contributed by atoms with E-state index in [2.05, 4.69) is 11.1 Å². The molecule has 1 aliphatic rings. The molecule has 0 aliphatic heterocycles. The van der Waals surface area contributed by atoms with Crippen LogP contribution in [0.15, 0.2) is 60.7 Å². The maximum absolute atomic E-state index is 5.35. The monoisotopic (exact) mass is 273 g/mol. The number of hydrogen-bond acceptors (Lipinski definition) is 4. The first-order valence-corrected chi connectivity index (χ1v) is 6.81. The van der Waals surface area contributed by atoms with Crippen LogP contribution in [-0.2, 0) is 11.2 Å². The second kappa shape index (κ2) is 11.0. The molecular weight excluding hydrogens is 250 g/mol. The molecule has 4 N–H and O–H groups in total. The lowest BCUT2D eigenvalue weighted by atomic mass is 10.2. The second-order valence-corrected chi connectivity index (χ2v) is 4.19. The van der Waals surface area contributed by atoms with E-state index in [1.54, 1.807) is 6.20 Å². The zero-order chi connectivity index (χ0) is 14.5. The van der Waals surface area contributed by atoms with Gasteiger partial charge in [-0.1, -0.05) is 30.4 Å². The molecule has 0 radical (unpaired) electrons. The molecule has 0 saturated heterocycles. The summed E-state index contributed by atoms with van der Waals surface area (Å²) in [7, 11) is 0. The van der Waals surface area contributed by atoms with E-state index >= 15 is 0 Å². The summed E-state index contributed by atoms with van der Waals surface area (Å²) in [6.07, 6.45) is 15.4. The van der Waals surface area contributed by atoms with E-state index in [1.807, 2.05) is 42.6 Å². The first kappa shape index (κ1) is 16.1. The number of nitrogens with two attached hydrogens (primary N) is 2. The Balaban J connectivity index is 0.000000204. The summed E-state index contributed by atoms with van der Waals surface area (Å²) in [5.74, 6) is 0.987. The summed E-state index contributed by atoms with van der Waals surface area (Å²) in [5, 5.41) is 0. The van der Waals surface area contributed by atoms with Crippen LogP contribution in [0.4, 0.5) is 0 Å². The first-order valence-electron chi connectivity index (χ1n) is 6.81. The van der Waals surface area contributed by atoms with Crippen LogP contribution in [0, 0.1) is 0 Å². The molecule has 0 bridgehead atoms. The molecule has 108 valence electrons. The van der Waals surface area contributed by atoms with Gasteiger partial charge in [0.1, 0.15) is 0 Å². The third-order valence-corrected chi connectivity index (χ3v) is 2.52. The molecule has 2 rings (SSSR count). The van der Waals surface area contributed by atoms with Crippen LogP contribution in [0.3, 0.4) is 0 Å². The molecule has 0 amide bonds. The summed E-state index contributed by atoms with van der Waals surface area (Å²) >= 11 is 0. The van der Waals surface area contributed by atoms with Crippen LogP contribution < -0.4 is 11.5 Å². The Morgan fingerprint density at radius 3 is 2.75 bits per heavy atom. The maximum atomic E-state index is 5.35. The van der Waals surface area contributed by atoms with E-state index in [1.165, 1.54) is 5.56 Å². The van der Waals surface area contributed by atoms with Gasteiger partial charge in [0.15, 0.2) is 0 Å². The molecule has 4 heteroatoms. The molecule has 1 aromatic heterocycles. The van der Waals surface area contributed by atoms with Crippen molar-refractivity contribution in [1.82, 2.24) is 4.98 Å². The Morgan fingerprint density at radius 2 is 2.05 bits per heavy atom. The zero-order valence-electron chi connectivity index (χ0n) is 11.7. The van der Waals surface area contributed by atoms with Crippen molar-refractivity contribution < 1.29 is 4.74 Å². The standard InChI is InChI=1S/C9H13NO.C7H10N2/c10-7-8-11-9-5-3-1-2-4-6-9;8-4-3-7-2-1-5-9-6-7/h1-5H,6-8,10H2;1-2,5-6H,3-4,8H2. The molecule has 1 aromatic rings. The minimum absolute atomic E-state index is 0.574. The van der Waals surface area contributed by atoms with Gasteiger partial charge in [-0.2, -0.15) is 0 Å². The lowest BCUT2D eigenvalue weighted by Crippen LogP contribution is -2.07. The molecule has 20 heavy (non-hydrogen) atoms. The third-order valence-electron chi connectivity index (χ3n) is 2.52. The molecule has 0 fully saturated rings. The van der Waals surface area contributed by atoms with Crippen LogP contribution in [0.2, 0.25) is 0 Å². The van der Waals surface area contributed by atoms with E-state index in [0.29, 0.717) is 19.7 Å². The molecule has 4 nitrogen and oxygen atoms in total. The predicted octanol–water partition coefficient (Wildman–Crippen LogP) is 1.94. The van der Waals surface area contributed by atoms with Crippen LogP contribution in [0.5, 0.6) is 0 Å². The lowest BCUT2D eigenvalue weighted by Gasteiger charge is -2.05. The summed E-state index contributed by atoms with van der Waals surface area (Å²) in [6.45, 7) is 1.88. The number of rotatable bonds is 5. The highest BCUT2D eigenvalue weighted by atomic mass is 16.5. The van der Waals surface area contributed by atoms with Crippen molar-refractivity contribution in [2.75, 3.05) is 19.7 Å². The summed E-state index contributed by atoms with van der Waals surface area (Å²) in [4.78, 5) is 3.95. The average molecular weight is 273 g/mol. The van der Waals surface area contributed by atoms with E-state index in [4.69, 9.17) is 16.2 Å². The molecule has 0 spiro atoms. The predicted molar refractivity (Wildman–Crippen MR) is 83.0 cm³/mol. The zero-order valence-corrected chi connectivity index (χ0v) is 11.7. The van der Waals surface area contributed by atoms with Crippen LogP contribution in [0.1, 0.15) is 12.0 Å². The highest BCUT2D eigenvalue weighted by Crippen LogP contribution is 2.07. The van der Waals surface area contributed by atoms with Crippen molar-refractivity contribution in [2.45, 2.75) is 12.8 Å². The van der Waals surface area contributed by atoms with Crippen molar-refractivity contribution in [3.8, 4) is 0 Å². The molecular formula is C16H23N3O. The Labute approximate surface area is 120 Å². The van der Waals surface area contributed by atoms with Gasteiger partial charge >= 0.3 is 0 Å². The molecule has 0 atom stereocenters. The fourth-order valence-electron chi connectivity index (χ4n) is 1.57. The van der Waals surface area contributed by atoms with Crippen LogP contribution in [-0.4, -0.2) is 24.7 Å². The Bertz CT molecular complexity index is 438. The van der Waals surface area contributed by atoms with E-state index in [-0.39, 0.29) is 0 Å². The smallest absolute Gasteiger partial charge is 0.0999 e. The van der Waals surface area contributed by atoms with Crippen molar-refractivity contribution >= 4 is 0 Å². The van der Waals surface area contributed by atoms with E-state index < -0.39 is 0 Å². The van der Waals surface area contributed by atoms with Crippen molar-refractivity contribution in [3.05, 3.63) is 66.2 Å². The third kappa shape index (κ3) is 7.51. The fraction of sp³-hybridized carbons (Fsp3) is 0.312. The quantitative estimate of drug-likeness (QED) is 0.860. The first-order chi connectivity index (χ1) is 9.86. The molecule has 1 aliphatic carbocycles. The van der Waals surface area contributed by atoms with Gasteiger partial charge in [-0.3, -0.25) is 4.98 Å². The van der Waals surface area contributed by atoms with Gasteiger partial charge in [0.2, 0.25) is 0 Å². The Morgan fingerprint density at radius 1 is 1.15 bits per heavy atom. The SMILES string of the molecule is NCCOC1=CC=CC=CC1.NCCc1cccnc1. The highest BCUT2D eigenvalue weighted by Gasteiger charge is 1.94. The van der Waals surface area contributed by atoms with Gasteiger partial charge < -0.3 is 16.2 Å². The largest absolute Gasteiger partial charge is 0.496 e. The second-order valence-electron chi connectivity index (χ2n) is 4.19. The lowest BCUT2D eigenvalue weighted by molar-refractivity contribution is 0.216. The van der Waals surface area contributed by atoms with Crippen LogP contribution in [0.25, 0.3) is 0 Å². The van der Waals surface area contributed by atoms with Gasteiger partial charge in [0, 0.05) is 25.4 Å². The Hall–Kier alpha value is -1.91. The topological polar surface area (TPSA) is 74.2 Å². The summed E-state index contributed by atoms with van der Waals surface area (Å²) < 4.78 is 5.35. The van der Waals surface area contributed by atoms with Gasteiger partial charge in [-0.15, -0.1) is 0 Å². The minimum atomic E-state index is 0.574. The molecule has 0 unspecified atom stereocenters. The van der Waals surface area contributed by atoms with Crippen molar-refractivity contribution in [1.29, 1.82) is 0 Å². The average Bonchev–Trinajstić information content (AvgIpc) is 2.76. The highest BCUT2D eigenvalue weighted by molar-refractivity contribution is 5.19.